The van der Waals surface area contributed by atoms with Crippen LogP contribution in [0.25, 0.3) is 0 Å². The number of amides is 1. The third kappa shape index (κ3) is 3.17. The molecule has 2 aromatic rings. The molecular weight excluding hydrogens is 278 g/mol. The fourth-order valence-electron chi connectivity index (χ4n) is 2.48. The Morgan fingerprint density at radius 1 is 1.27 bits per heavy atom. The molecule has 0 spiro atoms. The van der Waals surface area contributed by atoms with Crippen molar-refractivity contribution in [3.05, 3.63) is 48.0 Å². The molecule has 5 N–H and O–H groups in total. The maximum absolute atomic E-state index is 11.2. The first-order chi connectivity index (χ1) is 10.7. The monoisotopic (exact) mass is 297 g/mol. The average molecular weight is 297 g/mol. The van der Waals surface area contributed by atoms with E-state index in [9.17, 15) is 4.79 Å². The lowest BCUT2D eigenvalue weighted by Gasteiger charge is -2.09. The molecule has 6 heteroatoms. The predicted octanol–water partition coefficient (Wildman–Crippen LogP) is 0.992. The molecule has 1 amide bonds. The van der Waals surface area contributed by atoms with E-state index >= 15 is 0 Å². The van der Waals surface area contributed by atoms with E-state index < -0.39 is 0 Å². The summed E-state index contributed by atoms with van der Waals surface area (Å²) < 4.78 is 0. The highest BCUT2D eigenvalue weighted by Crippen LogP contribution is 2.30. The Morgan fingerprint density at radius 3 is 2.73 bits per heavy atom. The number of hydrogen-bond donors (Lipinski definition) is 3. The van der Waals surface area contributed by atoms with Crippen LogP contribution in [-0.2, 0) is 11.2 Å². The van der Waals surface area contributed by atoms with E-state index in [-0.39, 0.29) is 12.5 Å². The van der Waals surface area contributed by atoms with Crippen LogP contribution < -0.4 is 21.7 Å². The summed E-state index contributed by atoms with van der Waals surface area (Å²) in [6.07, 6.45) is 0.846. The van der Waals surface area contributed by atoms with E-state index in [1.54, 1.807) is 6.07 Å². The smallest absolute Gasteiger partial charge is 0.239 e. The number of carbonyl (C=O) groups excluding carboxylic acids is 1. The number of aromatic nitrogens is 1. The second-order valence-corrected chi connectivity index (χ2v) is 5.34. The van der Waals surface area contributed by atoms with Gasteiger partial charge in [-0.1, -0.05) is 24.3 Å². The number of carbonyl (C=O) groups is 1. The lowest BCUT2D eigenvalue weighted by Crippen LogP contribution is -2.22. The number of anilines is 3. The van der Waals surface area contributed by atoms with Gasteiger partial charge in [-0.3, -0.25) is 4.79 Å². The Balaban J connectivity index is 1.63. The van der Waals surface area contributed by atoms with Crippen molar-refractivity contribution in [1.82, 2.24) is 4.98 Å². The molecule has 1 aromatic carbocycles. The van der Waals surface area contributed by atoms with Gasteiger partial charge in [0.05, 0.1) is 12.6 Å². The first-order valence-electron chi connectivity index (χ1n) is 7.24. The number of rotatable bonds is 5. The van der Waals surface area contributed by atoms with Crippen molar-refractivity contribution < 1.29 is 4.79 Å². The highest BCUT2D eigenvalue weighted by Gasteiger charge is 2.34. The van der Waals surface area contributed by atoms with Crippen LogP contribution in [-0.4, -0.2) is 30.0 Å². The topological polar surface area (TPSA) is 97.0 Å². The molecule has 0 radical (unpaired) electrons. The standard InChI is InChI=1S/C16H19N5O/c17-9-15(22)19-14-7-6-11(16(18)20-14)8-13-10-21(13)12-4-2-1-3-5-12/h1-7,13H,8-10,17H2,(H3,18,19,20,22). The van der Waals surface area contributed by atoms with Gasteiger partial charge in [0.2, 0.25) is 5.91 Å². The molecule has 1 unspecified atom stereocenters. The van der Waals surface area contributed by atoms with Crippen molar-refractivity contribution in [2.75, 3.05) is 29.0 Å². The van der Waals surface area contributed by atoms with Gasteiger partial charge in [-0.05, 0) is 30.2 Å². The summed E-state index contributed by atoms with van der Waals surface area (Å²) in [5.74, 6) is 0.610. The van der Waals surface area contributed by atoms with Crippen molar-refractivity contribution in [3.8, 4) is 0 Å². The molecule has 3 rings (SSSR count). The zero-order valence-corrected chi connectivity index (χ0v) is 12.2. The van der Waals surface area contributed by atoms with Crippen LogP contribution >= 0.6 is 0 Å². The van der Waals surface area contributed by atoms with Crippen molar-refractivity contribution in [3.63, 3.8) is 0 Å². The SMILES string of the molecule is NCC(=O)Nc1ccc(CC2CN2c2ccccc2)c(N)n1. The van der Waals surface area contributed by atoms with Crippen molar-refractivity contribution in [2.24, 2.45) is 5.73 Å². The van der Waals surface area contributed by atoms with E-state index in [0.717, 1.165) is 18.5 Å². The molecule has 1 atom stereocenters. The van der Waals surface area contributed by atoms with Gasteiger partial charge in [0.1, 0.15) is 11.6 Å². The molecule has 114 valence electrons. The van der Waals surface area contributed by atoms with Gasteiger partial charge < -0.3 is 21.7 Å². The van der Waals surface area contributed by atoms with Crippen LogP contribution in [0.2, 0.25) is 0 Å². The van der Waals surface area contributed by atoms with Gasteiger partial charge in [0.15, 0.2) is 0 Å². The van der Waals surface area contributed by atoms with Gasteiger partial charge in [0, 0.05) is 12.2 Å². The lowest BCUT2D eigenvalue weighted by atomic mass is 10.1. The van der Waals surface area contributed by atoms with E-state index in [1.807, 2.05) is 24.3 Å². The Labute approximate surface area is 129 Å². The largest absolute Gasteiger partial charge is 0.383 e. The lowest BCUT2D eigenvalue weighted by molar-refractivity contribution is -0.114. The van der Waals surface area contributed by atoms with Crippen LogP contribution in [0.15, 0.2) is 42.5 Å². The minimum Gasteiger partial charge on any atom is -0.383 e. The number of nitrogens with zero attached hydrogens (tertiary/aromatic N) is 2. The molecule has 1 aliphatic heterocycles. The Morgan fingerprint density at radius 2 is 2.05 bits per heavy atom. The molecule has 2 heterocycles. The molecular formula is C16H19N5O. The number of pyridine rings is 1. The Hall–Kier alpha value is -2.60. The first kappa shape index (κ1) is 14.3. The van der Waals surface area contributed by atoms with E-state index in [2.05, 4.69) is 27.3 Å². The van der Waals surface area contributed by atoms with Gasteiger partial charge in [-0.25, -0.2) is 4.98 Å². The summed E-state index contributed by atoms with van der Waals surface area (Å²) in [5.41, 5.74) is 13.5. The Kier molecular flexibility index (Phi) is 3.93. The van der Waals surface area contributed by atoms with Crippen LogP contribution in [0.1, 0.15) is 5.56 Å². The van der Waals surface area contributed by atoms with Crippen molar-refractivity contribution in [1.29, 1.82) is 0 Å². The van der Waals surface area contributed by atoms with Crippen LogP contribution in [0.3, 0.4) is 0 Å². The van der Waals surface area contributed by atoms with Gasteiger partial charge in [-0.2, -0.15) is 0 Å². The third-order valence-electron chi connectivity index (χ3n) is 3.72. The molecule has 1 saturated heterocycles. The minimum absolute atomic E-state index is 0.0720. The molecule has 1 aromatic heterocycles. The van der Waals surface area contributed by atoms with Crippen LogP contribution in [0.5, 0.6) is 0 Å². The summed E-state index contributed by atoms with van der Waals surface area (Å²) in [5, 5.41) is 2.60. The summed E-state index contributed by atoms with van der Waals surface area (Å²) >= 11 is 0. The van der Waals surface area contributed by atoms with Crippen LogP contribution in [0.4, 0.5) is 17.3 Å². The highest BCUT2D eigenvalue weighted by atomic mass is 16.1. The van der Waals surface area contributed by atoms with E-state index in [1.165, 1.54) is 5.69 Å². The second kappa shape index (κ2) is 6.03. The van der Waals surface area contributed by atoms with Gasteiger partial charge in [0.25, 0.3) is 0 Å². The van der Waals surface area contributed by atoms with E-state index in [0.29, 0.717) is 17.7 Å². The fraction of sp³-hybridized carbons (Fsp3) is 0.250. The minimum atomic E-state index is -0.280. The maximum atomic E-state index is 11.2. The molecule has 0 bridgehead atoms. The number of nitrogen functional groups attached to an aromatic ring is 1. The summed E-state index contributed by atoms with van der Waals surface area (Å²) in [6, 6.07) is 14.4. The fourth-order valence-corrected chi connectivity index (χ4v) is 2.48. The summed E-state index contributed by atoms with van der Waals surface area (Å²) in [7, 11) is 0. The number of para-hydroxylation sites is 1. The average Bonchev–Trinajstić information content (AvgIpc) is 3.30. The number of benzene rings is 1. The zero-order chi connectivity index (χ0) is 15.5. The summed E-state index contributed by atoms with van der Waals surface area (Å²) in [4.78, 5) is 17.8. The van der Waals surface area contributed by atoms with Crippen molar-refractivity contribution >= 4 is 23.2 Å². The molecule has 6 nitrogen and oxygen atoms in total. The molecule has 0 aliphatic carbocycles. The predicted molar refractivity (Wildman–Crippen MR) is 87.6 cm³/mol. The Bertz CT molecular complexity index is 673. The number of hydrogen-bond acceptors (Lipinski definition) is 5. The number of nitrogens with one attached hydrogen (secondary N) is 1. The molecule has 0 saturated carbocycles. The molecule has 1 aliphatic rings. The highest BCUT2D eigenvalue weighted by molar-refractivity contribution is 5.91. The zero-order valence-electron chi connectivity index (χ0n) is 12.2. The van der Waals surface area contributed by atoms with Gasteiger partial charge in [-0.15, -0.1) is 0 Å². The normalized spacial score (nSPS) is 16.4. The van der Waals surface area contributed by atoms with Crippen molar-refractivity contribution in [2.45, 2.75) is 12.5 Å². The molecule has 1 fully saturated rings. The third-order valence-corrected chi connectivity index (χ3v) is 3.72. The quantitative estimate of drug-likeness (QED) is 0.715. The van der Waals surface area contributed by atoms with Gasteiger partial charge >= 0.3 is 0 Å². The molecule has 22 heavy (non-hydrogen) atoms. The number of nitrogens with two attached hydrogens (primary N) is 2. The maximum Gasteiger partial charge on any atom is 0.239 e. The summed E-state index contributed by atoms with van der Waals surface area (Å²) in [6.45, 7) is 0.951. The van der Waals surface area contributed by atoms with Crippen LogP contribution in [0, 0.1) is 0 Å². The second-order valence-electron chi connectivity index (χ2n) is 5.34. The van der Waals surface area contributed by atoms with E-state index in [4.69, 9.17) is 11.5 Å². The first-order valence-corrected chi connectivity index (χ1v) is 7.24.